The summed E-state index contributed by atoms with van der Waals surface area (Å²) in [7, 11) is 0. The highest BCUT2D eigenvalue weighted by atomic mass is 16.6. The Morgan fingerprint density at radius 3 is 2.09 bits per heavy atom. The Kier molecular flexibility index (Phi) is 7.98. The molecule has 1 aliphatic carbocycles. The van der Waals surface area contributed by atoms with Crippen LogP contribution in [0.3, 0.4) is 0 Å². The zero-order chi connectivity index (χ0) is 24.9. The molecule has 0 unspecified atom stereocenters. The molecule has 0 aromatic heterocycles. The highest BCUT2D eigenvalue weighted by molar-refractivity contribution is 6.26. The van der Waals surface area contributed by atoms with Gasteiger partial charge in [0.1, 0.15) is 11.4 Å². The second-order valence-corrected chi connectivity index (χ2v) is 9.82. The van der Waals surface area contributed by atoms with E-state index in [9.17, 15) is 19.2 Å². The van der Waals surface area contributed by atoms with E-state index < -0.39 is 11.5 Å². The molecule has 34 heavy (non-hydrogen) atoms. The van der Waals surface area contributed by atoms with Crippen LogP contribution in [0.1, 0.15) is 79.7 Å². The first-order valence-electron chi connectivity index (χ1n) is 11.7. The number of ether oxygens (including phenoxy) is 1. The van der Waals surface area contributed by atoms with Gasteiger partial charge in [-0.15, -0.1) is 0 Å². The summed E-state index contributed by atoms with van der Waals surface area (Å²) in [6.07, 6.45) is 1.53. The first-order chi connectivity index (χ1) is 16.1. The Balaban J connectivity index is 1.63. The molecule has 2 aromatic rings. The Morgan fingerprint density at radius 2 is 1.47 bits per heavy atom. The molecular weight excluding hydrogens is 428 g/mol. The molecule has 0 heterocycles. The minimum absolute atomic E-state index is 0.0555. The average Bonchev–Trinajstić information content (AvgIpc) is 2.79. The summed E-state index contributed by atoms with van der Waals surface area (Å²) in [5.74, 6) is -1.28. The van der Waals surface area contributed by atoms with Crippen LogP contribution in [0.5, 0.6) is 0 Å². The Morgan fingerprint density at radius 1 is 0.882 bits per heavy atom. The number of carbonyl (C=O) groups excluding carboxylic acids is 4. The number of hydrogen-bond acceptors (Lipinski definition) is 5. The maximum Gasteiger partial charge on any atom is 0.310 e. The maximum atomic E-state index is 12.9. The van der Waals surface area contributed by atoms with Gasteiger partial charge in [0, 0.05) is 35.1 Å². The topological polar surface area (TPSA) is 77.5 Å². The van der Waals surface area contributed by atoms with E-state index >= 15 is 0 Å². The molecule has 0 radical (unpaired) electrons. The smallest absolute Gasteiger partial charge is 0.310 e. The van der Waals surface area contributed by atoms with Crippen LogP contribution >= 0.6 is 0 Å². The first kappa shape index (κ1) is 25.3. The van der Waals surface area contributed by atoms with Crippen LogP contribution in [0, 0.1) is 5.92 Å². The second-order valence-electron chi connectivity index (χ2n) is 9.82. The van der Waals surface area contributed by atoms with Crippen LogP contribution in [0.2, 0.25) is 0 Å². The Labute approximate surface area is 201 Å². The predicted octanol–water partition coefficient (Wildman–Crippen LogP) is 5.71. The first-order valence-corrected chi connectivity index (χ1v) is 11.7. The molecule has 0 saturated heterocycles. The van der Waals surface area contributed by atoms with Gasteiger partial charge in [-0.2, -0.15) is 0 Å². The highest BCUT2D eigenvalue weighted by Gasteiger charge is 2.30. The fourth-order valence-corrected chi connectivity index (χ4v) is 4.21. The van der Waals surface area contributed by atoms with Crippen molar-refractivity contribution in [2.75, 3.05) is 0 Å². The van der Waals surface area contributed by atoms with Gasteiger partial charge in [0.15, 0.2) is 11.6 Å². The van der Waals surface area contributed by atoms with E-state index in [0.29, 0.717) is 41.5 Å². The van der Waals surface area contributed by atoms with Gasteiger partial charge in [0.25, 0.3) is 0 Å². The minimum atomic E-state index is -0.636. The van der Waals surface area contributed by atoms with Gasteiger partial charge in [-0.3, -0.25) is 19.2 Å². The lowest BCUT2D eigenvalue weighted by Crippen LogP contribution is -2.31. The third kappa shape index (κ3) is 6.37. The lowest BCUT2D eigenvalue weighted by molar-refractivity contribution is -0.161. The van der Waals surface area contributed by atoms with Gasteiger partial charge < -0.3 is 4.74 Å². The number of Topliss-reactive ketones (excluding diaryl/α,β-unsaturated/α-hetero) is 3. The number of ketones is 3. The fourth-order valence-electron chi connectivity index (χ4n) is 4.21. The number of carbonyl (C=O) groups is 4. The number of rotatable bonds is 9. The van der Waals surface area contributed by atoms with Crippen LogP contribution in [0.15, 0.2) is 65.7 Å². The standard InChI is InChI=1S/C29H32O5/c1-19-23(27(32)25-15-9-8-14-24(25)26(19)31)16-10-13-22(30)18-21(28(33)34-29(2,3)4)17-20-11-6-5-7-12-20/h5-9,11-12,14-15,21H,10,13,16-18H2,1-4H3/t21-/m1/s1. The largest absolute Gasteiger partial charge is 0.460 e. The fraction of sp³-hybridized carbons (Fsp3) is 0.379. The molecule has 3 rings (SSSR count). The van der Waals surface area contributed by atoms with Crippen molar-refractivity contribution in [2.24, 2.45) is 5.92 Å². The van der Waals surface area contributed by atoms with Crippen molar-refractivity contribution < 1.29 is 23.9 Å². The van der Waals surface area contributed by atoms with Crippen molar-refractivity contribution in [2.45, 2.75) is 65.4 Å². The van der Waals surface area contributed by atoms with Crippen LogP contribution < -0.4 is 0 Å². The van der Waals surface area contributed by atoms with Gasteiger partial charge in [0.05, 0.1) is 5.92 Å². The van der Waals surface area contributed by atoms with Gasteiger partial charge in [-0.05, 0) is 52.5 Å². The molecular formula is C29H32O5. The molecule has 1 atom stereocenters. The quantitative estimate of drug-likeness (QED) is 0.448. The molecule has 5 heteroatoms. The van der Waals surface area contributed by atoms with Crippen molar-refractivity contribution in [1.82, 2.24) is 0 Å². The predicted molar refractivity (Wildman–Crippen MR) is 131 cm³/mol. The lowest BCUT2D eigenvalue weighted by Gasteiger charge is -2.24. The molecule has 1 aliphatic rings. The second kappa shape index (κ2) is 10.7. The van der Waals surface area contributed by atoms with E-state index in [0.717, 1.165) is 5.56 Å². The molecule has 5 nitrogen and oxygen atoms in total. The van der Waals surface area contributed by atoms with Gasteiger partial charge in [-0.25, -0.2) is 0 Å². The van der Waals surface area contributed by atoms with Crippen molar-refractivity contribution in [1.29, 1.82) is 0 Å². The van der Waals surface area contributed by atoms with E-state index in [2.05, 4.69) is 0 Å². The number of allylic oxidation sites excluding steroid dienone is 2. The van der Waals surface area contributed by atoms with Crippen LogP contribution in [-0.4, -0.2) is 28.9 Å². The zero-order valence-electron chi connectivity index (χ0n) is 20.4. The van der Waals surface area contributed by atoms with Crippen LogP contribution in [0.25, 0.3) is 0 Å². The molecule has 2 aromatic carbocycles. The third-order valence-corrected chi connectivity index (χ3v) is 5.91. The molecule has 0 bridgehead atoms. The average molecular weight is 461 g/mol. The molecule has 0 amide bonds. The van der Waals surface area contributed by atoms with Crippen LogP contribution in [0.4, 0.5) is 0 Å². The summed E-state index contributed by atoms with van der Waals surface area (Å²) in [4.78, 5) is 51.1. The van der Waals surface area contributed by atoms with E-state index in [1.165, 1.54) is 0 Å². The lowest BCUT2D eigenvalue weighted by atomic mass is 9.82. The van der Waals surface area contributed by atoms with Crippen LogP contribution in [-0.2, 0) is 20.7 Å². The third-order valence-electron chi connectivity index (χ3n) is 5.91. The molecule has 0 fully saturated rings. The van der Waals surface area contributed by atoms with Gasteiger partial charge in [0.2, 0.25) is 0 Å². The molecule has 0 saturated carbocycles. The molecule has 0 spiro atoms. The van der Waals surface area contributed by atoms with Gasteiger partial charge in [-0.1, -0.05) is 54.6 Å². The summed E-state index contributed by atoms with van der Waals surface area (Å²) in [6, 6.07) is 16.4. The van der Waals surface area contributed by atoms with Crippen molar-refractivity contribution in [3.05, 3.63) is 82.4 Å². The highest BCUT2D eigenvalue weighted by Crippen LogP contribution is 2.29. The maximum absolute atomic E-state index is 12.9. The summed E-state index contributed by atoms with van der Waals surface area (Å²) < 4.78 is 5.57. The van der Waals surface area contributed by atoms with Crippen molar-refractivity contribution in [3.63, 3.8) is 0 Å². The number of benzene rings is 2. The Hall–Kier alpha value is -3.34. The van der Waals surface area contributed by atoms with E-state index in [4.69, 9.17) is 4.74 Å². The summed E-state index contributed by atoms with van der Waals surface area (Å²) in [5.41, 5.74) is 2.12. The summed E-state index contributed by atoms with van der Waals surface area (Å²) in [6.45, 7) is 7.10. The number of hydrogen-bond donors (Lipinski definition) is 0. The minimum Gasteiger partial charge on any atom is -0.460 e. The van der Waals surface area contributed by atoms with Crippen molar-refractivity contribution in [3.8, 4) is 0 Å². The van der Waals surface area contributed by atoms with E-state index in [-0.39, 0.29) is 36.2 Å². The van der Waals surface area contributed by atoms with E-state index in [1.807, 2.05) is 51.1 Å². The molecule has 0 aliphatic heterocycles. The zero-order valence-corrected chi connectivity index (χ0v) is 20.4. The summed E-state index contributed by atoms with van der Waals surface area (Å²) >= 11 is 0. The molecule has 0 N–H and O–H groups in total. The monoisotopic (exact) mass is 460 g/mol. The number of esters is 1. The van der Waals surface area contributed by atoms with Crippen molar-refractivity contribution >= 4 is 23.3 Å². The molecule has 178 valence electrons. The SMILES string of the molecule is CC1=C(CCCC(=O)C[C@@H](Cc2ccccc2)C(=O)OC(C)(C)C)C(=O)c2ccccc2C1=O. The van der Waals surface area contributed by atoms with E-state index in [1.54, 1.807) is 31.2 Å². The van der Waals surface area contributed by atoms with Gasteiger partial charge >= 0.3 is 5.97 Å². The Bertz CT molecular complexity index is 1120. The normalized spacial score (nSPS) is 14.6. The number of fused-ring (bicyclic) bond motifs is 1. The summed E-state index contributed by atoms with van der Waals surface area (Å²) in [5, 5.41) is 0.